The quantitative estimate of drug-likeness (QED) is 0.715. The van der Waals surface area contributed by atoms with Gasteiger partial charge in [-0.3, -0.25) is 4.98 Å². The van der Waals surface area contributed by atoms with Crippen LogP contribution in [0.4, 0.5) is 0 Å². The van der Waals surface area contributed by atoms with Gasteiger partial charge < -0.3 is 10.8 Å². The lowest BCUT2D eigenvalue weighted by atomic mass is 10.1. The van der Waals surface area contributed by atoms with Gasteiger partial charge in [-0.2, -0.15) is 11.8 Å². The first kappa shape index (κ1) is 13.5. The van der Waals surface area contributed by atoms with Crippen LogP contribution in [0.25, 0.3) is 0 Å². The second kappa shape index (κ2) is 7.65. The fourth-order valence-electron chi connectivity index (χ4n) is 1.50. The van der Waals surface area contributed by atoms with Crippen molar-refractivity contribution in [3.63, 3.8) is 0 Å². The first-order valence-electron chi connectivity index (χ1n) is 5.67. The molecule has 90 valence electrons. The van der Waals surface area contributed by atoms with Crippen molar-refractivity contribution < 1.29 is 5.11 Å². The number of thioether (sulfide) groups is 1. The molecule has 0 saturated carbocycles. The van der Waals surface area contributed by atoms with Gasteiger partial charge >= 0.3 is 0 Å². The third-order valence-corrected chi connectivity index (χ3v) is 3.98. The van der Waals surface area contributed by atoms with E-state index in [0.29, 0.717) is 0 Å². The zero-order valence-electron chi connectivity index (χ0n) is 9.67. The van der Waals surface area contributed by atoms with Gasteiger partial charge in [0.05, 0.1) is 0 Å². The molecule has 0 aliphatic heterocycles. The molecule has 16 heavy (non-hydrogen) atoms. The third kappa shape index (κ3) is 4.12. The van der Waals surface area contributed by atoms with E-state index in [1.807, 2.05) is 12.3 Å². The minimum atomic E-state index is 0.146. The van der Waals surface area contributed by atoms with Gasteiger partial charge in [0.1, 0.15) is 0 Å². The predicted octanol–water partition coefficient (Wildman–Crippen LogP) is 1.98. The fraction of sp³-hybridized carbons (Fsp3) is 0.583. The van der Waals surface area contributed by atoms with E-state index < -0.39 is 0 Å². The Morgan fingerprint density at radius 1 is 1.56 bits per heavy atom. The van der Waals surface area contributed by atoms with Gasteiger partial charge in [0, 0.05) is 30.3 Å². The van der Waals surface area contributed by atoms with E-state index in [-0.39, 0.29) is 17.9 Å². The van der Waals surface area contributed by atoms with Gasteiger partial charge in [0.25, 0.3) is 0 Å². The maximum absolute atomic E-state index is 8.79. The Balaban J connectivity index is 2.64. The molecule has 0 bridgehead atoms. The molecule has 0 fully saturated rings. The summed E-state index contributed by atoms with van der Waals surface area (Å²) in [5.41, 5.74) is 7.30. The van der Waals surface area contributed by atoms with Crippen molar-refractivity contribution in [2.24, 2.45) is 5.73 Å². The Bertz CT molecular complexity index is 282. The Hall–Kier alpha value is -0.580. The Labute approximate surface area is 101 Å². The van der Waals surface area contributed by atoms with Gasteiger partial charge in [-0.05, 0) is 30.2 Å². The zero-order valence-corrected chi connectivity index (χ0v) is 10.5. The van der Waals surface area contributed by atoms with Crippen LogP contribution < -0.4 is 5.73 Å². The number of hydrogen-bond acceptors (Lipinski definition) is 4. The molecule has 1 aromatic heterocycles. The van der Waals surface area contributed by atoms with E-state index in [9.17, 15) is 0 Å². The monoisotopic (exact) mass is 240 g/mol. The van der Waals surface area contributed by atoms with Crippen molar-refractivity contribution >= 4 is 11.8 Å². The molecule has 0 aliphatic carbocycles. The fourth-order valence-corrected chi connectivity index (χ4v) is 2.82. The molecule has 1 heterocycles. The molecule has 0 amide bonds. The van der Waals surface area contributed by atoms with Crippen LogP contribution in [0.5, 0.6) is 0 Å². The summed E-state index contributed by atoms with van der Waals surface area (Å²) in [6, 6.07) is 4.16. The largest absolute Gasteiger partial charge is 0.396 e. The maximum Gasteiger partial charge on any atom is 0.0463 e. The highest BCUT2D eigenvalue weighted by Crippen LogP contribution is 2.32. The van der Waals surface area contributed by atoms with Gasteiger partial charge in [-0.15, -0.1) is 0 Å². The van der Waals surface area contributed by atoms with Gasteiger partial charge in [-0.25, -0.2) is 0 Å². The van der Waals surface area contributed by atoms with Crippen molar-refractivity contribution in [3.8, 4) is 0 Å². The van der Waals surface area contributed by atoms with Crippen molar-refractivity contribution in [1.82, 2.24) is 4.98 Å². The summed E-state index contributed by atoms with van der Waals surface area (Å²) in [5, 5.41) is 9.07. The summed E-state index contributed by atoms with van der Waals surface area (Å²) in [4.78, 5) is 4.13. The number of aliphatic hydroxyl groups is 1. The third-order valence-electron chi connectivity index (χ3n) is 2.47. The summed E-state index contributed by atoms with van der Waals surface area (Å²) in [5.74, 6) is 0.934. The molecule has 0 aliphatic rings. The standard InChI is InChI=1S/C12H20N2OS/c1-2-11(13)12(16-8-4-7-15)10-5-3-6-14-9-10/h3,5-6,9,11-12,15H,2,4,7-8,13H2,1H3. The van der Waals surface area contributed by atoms with Gasteiger partial charge in [0.2, 0.25) is 0 Å². The Kier molecular flexibility index (Phi) is 6.45. The number of hydrogen-bond donors (Lipinski definition) is 2. The molecular weight excluding hydrogens is 220 g/mol. The van der Waals surface area contributed by atoms with Gasteiger partial charge in [0.15, 0.2) is 0 Å². The number of nitrogens with two attached hydrogens (primary N) is 1. The van der Waals surface area contributed by atoms with Crippen LogP contribution in [0.3, 0.4) is 0 Å². The Morgan fingerprint density at radius 3 is 2.94 bits per heavy atom. The molecule has 4 heteroatoms. The van der Waals surface area contributed by atoms with Gasteiger partial charge in [-0.1, -0.05) is 13.0 Å². The van der Waals surface area contributed by atoms with Crippen molar-refractivity contribution in [2.45, 2.75) is 31.1 Å². The van der Waals surface area contributed by atoms with E-state index in [2.05, 4.69) is 18.0 Å². The zero-order chi connectivity index (χ0) is 11.8. The maximum atomic E-state index is 8.79. The molecule has 1 aromatic rings. The normalized spacial score (nSPS) is 14.7. The lowest BCUT2D eigenvalue weighted by molar-refractivity contribution is 0.296. The number of nitrogens with zero attached hydrogens (tertiary/aromatic N) is 1. The second-order valence-electron chi connectivity index (χ2n) is 3.73. The highest BCUT2D eigenvalue weighted by atomic mass is 32.2. The number of aromatic nitrogens is 1. The summed E-state index contributed by atoms with van der Waals surface area (Å²) < 4.78 is 0. The smallest absolute Gasteiger partial charge is 0.0463 e. The van der Waals surface area contributed by atoms with Crippen LogP contribution >= 0.6 is 11.8 Å². The molecule has 2 unspecified atom stereocenters. The average molecular weight is 240 g/mol. The molecule has 0 spiro atoms. The number of rotatable bonds is 7. The number of aliphatic hydroxyl groups excluding tert-OH is 1. The van der Waals surface area contributed by atoms with E-state index in [1.54, 1.807) is 18.0 Å². The van der Waals surface area contributed by atoms with Crippen LogP contribution in [-0.2, 0) is 0 Å². The SMILES string of the molecule is CCC(N)C(SCCCO)c1cccnc1. The predicted molar refractivity (Wildman–Crippen MR) is 69.4 cm³/mol. The summed E-state index contributed by atoms with van der Waals surface area (Å²) in [7, 11) is 0. The molecule has 3 N–H and O–H groups in total. The minimum Gasteiger partial charge on any atom is -0.396 e. The summed E-state index contributed by atoms with van der Waals surface area (Å²) in [6.07, 6.45) is 5.42. The molecule has 0 aromatic carbocycles. The molecule has 0 radical (unpaired) electrons. The van der Waals surface area contributed by atoms with E-state index >= 15 is 0 Å². The van der Waals surface area contributed by atoms with Crippen LogP contribution in [-0.4, -0.2) is 28.5 Å². The first-order valence-corrected chi connectivity index (χ1v) is 6.72. The lowest BCUT2D eigenvalue weighted by Gasteiger charge is -2.22. The first-order chi connectivity index (χ1) is 7.79. The summed E-state index contributed by atoms with van der Waals surface area (Å²) in [6.45, 7) is 2.34. The second-order valence-corrected chi connectivity index (χ2v) is 4.98. The summed E-state index contributed by atoms with van der Waals surface area (Å²) >= 11 is 1.81. The highest BCUT2D eigenvalue weighted by Gasteiger charge is 2.18. The van der Waals surface area contributed by atoms with E-state index in [4.69, 9.17) is 10.8 Å². The highest BCUT2D eigenvalue weighted by molar-refractivity contribution is 7.99. The molecule has 1 rings (SSSR count). The van der Waals surface area contributed by atoms with Crippen LogP contribution in [0.2, 0.25) is 0 Å². The van der Waals surface area contributed by atoms with Crippen molar-refractivity contribution in [3.05, 3.63) is 30.1 Å². The lowest BCUT2D eigenvalue weighted by Crippen LogP contribution is -2.26. The van der Waals surface area contributed by atoms with Crippen molar-refractivity contribution in [1.29, 1.82) is 0 Å². The van der Waals surface area contributed by atoms with Crippen molar-refractivity contribution in [2.75, 3.05) is 12.4 Å². The van der Waals surface area contributed by atoms with E-state index in [0.717, 1.165) is 18.6 Å². The molecule has 2 atom stereocenters. The Morgan fingerprint density at radius 2 is 2.38 bits per heavy atom. The minimum absolute atomic E-state index is 0.146. The van der Waals surface area contributed by atoms with Crippen LogP contribution in [0, 0.1) is 0 Å². The van der Waals surface area contributed by atoms with Crippen LogP contribution in [0.1, 0.15) is 30.6 Å². The molecule has 0 saturated heterocycles. The molecular formula is C12H20N2OS. The average Bonchev–Trinajstić information content (AvgIpc) is 2.35. The molecule has 3 nitrogen and oxygen atoms in total. The number of pyridine rings is 1. The van der Waals surface area contributed by atoms with Crippen LogP contribution in [0.15, 0.2) is 24.5 Å². The van der Waals surface area contributed by atoms with E-state index in [1.165, 1.54) is 5.56 Å². The topological polar surface area (TPSA) is 59.1 Å².